The van der Waals surface area contributed by atoms with Crippen LogP contribution in [0.3, 0.4) is 0 Å². The Bertz CT molecular complexity index is 98.9. The van der Waals surface area contributed by atoms with E-state index in [0.717, 1.165) is 38.8 Å². The van der Waals surface area contributed by atoms with Gasteiger partial charge in [0.05, 0.1) is 0 Å². The molecule has 3 heteroatoms. The predicted molar refractivity (Wildman–Crippen MR) is 54.9 cm³/mol. The minimum absolute atomic E-state index is 0.301. The van der Waals surface area contributed by atoms with Gasteiger partial charge in [0.25, 0.3) is 0 Å². The van der Waals surface area contributed by atoms with Crippen molar-refractivity contribution in [2.45, 2.75) is 38.6 Å². The minimum Gasteiger partial charge on any atom is -0.396 e. The summed E-state index contributed by atoms with van der Waals surface area (Å²) in [5.74, 6) is 0. The van der Waals surface area contributed by atoms with E-state index in [9.17, 15) is 0 Å². The van der Waals surface area contributed by atoms with Crippen molar-refractivity contribution in [3.8, 4) is 0 Å². The summed E-state index contributed by atoms with van der Waals surface area (Å²) in [6.07, 6.45) is 4.24. The topological polar surface area (TPSA) is 41.5 Å². The van der Waals surface area contributed by atoms with Crippen LogP contribution < -0.4 is 5.32 Å². The molecule has 1 unspecified atom stereocenters. The lowest BCUT2D eigenvalue weighted by Crippen LogP contribution is -2.27. The Hall–Kier alpha value is -0.120. The summed E-state index contributed by atoms with van der Waals surface area (Å²) in [6.45, 7) is 4.37. The van der Waals surface area contributed by atoms with Crippen LogP contribution in [0.25, 0.3) is 0 Å². The molecule has 80 valence electrons. The lowest BCUT2D eigenvalue weighted by molar-refractivity contribution is 0.192. The van der Waals surface area contributed by atoms with Crippen molar-refractivity contribution < 1.29 is 9.84 Å². The van der Waals surface area contributed by atoms with Crippen LogP contribution >= 0.6 is 0 Å². The molecule has 0 fully saturated rings. The molecule has 0 aliphatic heterocycles. The van der Waals surface area contributed by atoms with Crippen LogP contribution in [0.15, 0.2) is 0 Å². The van der Waals surface area contributed by atoms with E-state index < -0.39 is 0 Å². The normalized spacial score (nSPS) is 13.2. The summed E-state index contributed by atoms with van der Waals surface area (Å²) in [4.78, 5) is 0. The summed E-state index contributed by atoms with van der Waals surface area (Å²) in [6, 6.07) is 0.523. The number of aliphatic hydroxyl groups is 1. The highest BCUT2D eigenvalue weighted by Crippen LogP contribution is 1.96. The fourth-order valence-electron chi connectivity index (χ4n) is 1.22. The van der Waals surface area contributed by atoms with Crippen molar-refractivity contribution in [1.82, 2.24) is 5.32 Å². The first-order valence-corrected chi connectivity index (χ1v) is 5.14. The van der Waals surface area contributed by atoms with Gasteiger partial charge in [0.2, 0.25) is 0 Å². The minimum atomic E-state index is 0.301. The number of ether oxygens (including phenoxy) is 1. The number of aliphatic hydroxyl groups excluding tert-OH is 1. The van der Waals surface area contributed by atoms with Crippen molar-refractivity contribution in [2.75, 3.05) is 26.9 Å². The van der Waals surface area contributed by atoms with E-state index in [0.29, 0.717) is 12.6 Å². The van der Waals surface area contributed by atoms with Crippen LogP contribution in [-0.2, 0) is 4.74 Å². The molecule has 0 aliphatic rings. The van der Waals surface area contributed by atoms with Crippen molar-refractivity contribution in [3.05, 3.63) is 0 Å². The molecule has 0 aromatic heterocycles. The average Bonchev–Trinajstić information content (AvgIpc) is 2.14. The van der Waals surface area contributed by atoms with Gasteiger partial charge >= 0.3 is 0 Å². The number of hydrogen-bond acceptors (Lipinski definition) is 3. The molecule has 3 nitrogen and oxygen atoms in total. The molecule has 0 heterocycles. The molecular formula is C10H23NO2. The summed E-state index contributed by atoms with van der Waals surface area (Å²) >= 11 is 0. The van der Waals surface area contributed by atoms with Crippen LogP contribution in [0.2, 0.25) is 0 Å². The molecule has 0 aliphatic carbocycles. The standard InChI is InChI=1S/C10H23NO2/c1-10(6-5-8-12)11-7-3-4-9-13-2/h10-12H,3-9H2,1-2H3. The van der Waals surface area contributed by atoms with E-state index in [2.05, 4.69) is 12.2 Å². The molecule has 0 rings (SSSR count). The van der Waals surface area contributed by atoms with Gasteiger partial charge in [0.15, 0.2) is 0 Å². The Morgan fingerprint density at radius 1 is 1.31 bits per heavy atom. The third-order valence-corrected chi connectivity index (χ3v) is 2.06. The number of methoxy groups -OCH3 is 1. The van der Waals surface area contributed by atoms with Gasteiger partial charge in [-0.25, -0.2) is 0 Å². The van der Waals surface area contributed by atoms with Crippen molar-refractivity contribution in [2.24, 2.45) is 0 Å². The first kappa shape index (κ1) is 12.9. The van der Waals surface area contributed by atoms with Gasteiger partial charge in [-0.1, -0.05) is 0 Å². The number of unbranched alkanes of at least 4 members (excludes halogenated alkanes) is 1. The predicted octanol–water partition coefficient (Wildman–Crippen LogP) is 1.16. The van der Waals surface area contributed by atoms with Gasteiger partial charge in [0, 0.05) is 26.4 Å². The molecule has 0 aromatic rings. The van der Waals surface area contributed by atoms with Gasteiger partial charge in [-0.3, -0.25) is 0 Å². The van der Waals surface area contributed by atoms with Gasteiger partial charge in [0.1, 0.15) is 0 Å². The van der Waals surface area contributed by atoms with E-state index in [4.69, 9.17) is 9.84 Å². The Morgan fingerprint density at radius 3 is 2.69 bits per heavy atom. The second kappa shape index (κ2) is 9.96. The smallest absolute Gasteiger partial charge is 0.0462 e. The largest absolute Gasteiger partial charge is 0.396 e. The average molecular weight is 189 g/mol. The maximum absolute atomic E-state index is 8.61. The van der Waals surface area contributed by atoms with Crippen molar-refractivity contribution in [1.29, 1.82) is 0 Å². The van der Waals surface area contributed by atoms with Gasteiger partial charge in [-0.2, -0.15) is 0 Å². The zero-order valence-corrected chi connectivity index (χ0v) is 8.88. The highest BCUT2D eigenvalue weighted by Gasteiger charge is 1.98. The summed E-state index contributed by atoms with van der Waals surface area (Å²) < 4.78 is 4.95. The monoisotopic (exact) mass is 189 g/mol. The second-order valence-electron chi connectivity index (χ2n) is 3.42. The van der Waals surface area contributed by atoms with Crippen LogP contribution in [0.4, 0.5) is 0 Å². The van der Waals surface area contributed by atoms with Crippen LogP contribution in [0.5, 0.6) is 0 Å². The van der Waals surface area contributed by atoms with E-state index in [1.165, 1.54) is 0 Å². The number of rotatable bonds is 9. The zero-order valence-electron chi connectivity index (χ0n) is 8.88. The van der Waals surface area contributed by atoms with E-state index in [1.54, 1.807) is 7.11 Å². The molecule has 13 heavy (non-hydrogen) atoms. The fraction of sp³-hybridized carbons (Fsp3) is 1.00. The first-order chi connectivity index (χ1) is 6.31. The van der Waals surface area contributed by atoms with E-state index >= 15 is 0 Å². The molecule has 0 bridgehead atoms. The second-order valence-corrected chi connectivity index (χ2v) is 3.42. The number of nitrogens with one attached hydrogen (secondary N) is 1. The molecule has 0 aromatic carbocycles. The zero-order chi connectivity index (χ0) is 9.94. The number of hydrogen-bond donors (Lipinski definition) is 2. The first-order valence-electron chi connectivity index (χ1n) is 5.14. The lowest BCUT2D eigenvalue weighted by Gasteiger charge is -2.12. The molecule has 0 amide bonds. The third kappa shape index (κ3) is 9.80. The molecule has 1 atom stereocenters. The van der Waals surface area contributed by atoms with Crippen LogP contribution in [0, 0.1) is 0 Å². The summed E-state index contributed by atoms with van der Waals surface area (Å²) in [5.41, 5.74) is 0. The van der Waals surface area contributed by atoms with E-state index in [-0.39, 0.29) is 0 Å². The van der Waals surface area contributed by atoms with Crippen molar-refractivity contribution in [3.63, 3.8) is 0 Å². The van der Waals surface area contributed by atoms with Crippen molar-refractivity contribution >= 4 is 0 Å². The lowest BCUT2D eigenvalue weighted by atomic mass is 10.2. The Labute approximate surface area is 81.5 Å². The van der Waals surface area contributed by atoms with Gasteiger partial charge in [-0.05, 0) is 39.2 Å². The van der Waals surface area contributed by atoms with Gasteiger partial charge < -0.3 is 15.2 Å². The highest BCUT2D eigenvalue weighted by atomic mass is 16.5. The van der Waals surface area contributed by atoms with Gasteiger partial charge in [-0.15, -0.1) is 0 Å². The Morgan fingerprint density at radius 2 is 2.08 bits per heavy atom. The molecule has 0 saturated carbocycles. The molecule has 0 spiro atoms. The summed E-state index contributed by atoms with van der Waals surface area (Å²) in [7, 11) is 1.73. The molecule has 0 radical (unpaired) electrons. The van der Waals surface area contributed by atoms with Crippen LogP contribution in [0.1, 0.15) is 32.6 Å². The molecule has 2 N–H and O–H groups in total. The van der Waals surface area contributed by atoms with E-state index in [1.807, 2.05) is 0 Å². The quantitative estimate of drug-likeness (QED) is 0.535. The SMILES string of the molecule is COCCCCNC(C)CCCO. The maximum Gasteiger partial charge on any atom is 0.0462 e. The summed E-state index contributed by atoms with van der Waals surface area (Å²) in [5, 5.41) is 12.0. The molecular weight excluding hydrogens is 166 g/mol. The highest BCUT2D eigenvalue weighted by molar-refractivity contribution is 4.59. The Kier molecular flexibility index (Phi) is 9.87. The third-order valence-electron chi connectivity index (χ3n) is 2.06. The fourth-order valence-corrected chi connectivity index (χ4v) is 1.22. The maximum atomic E-state index is 8.61. The van der Waals surface area contributed by atoms with Crippen LogP contribution in [-0.4, -0.2) is 38.0 Å². The Balaban J connectivity index is 3.03. The molecule has 0 saturated heterocycles.